The lowest BCUT2D eigenvalue weighted by molar-refractivity contribution is -0.141. The van der Waals surface area contributed by atoms with Gasteiger partial charge in [-0.1, -0.05) is 15.9 Å². The molecule has 2 aliphatic heterocycles. The number of nitrogens with zero attached hydrogens (tertiary/aromatic N) is 2. The van der Waals surface area contributed by atoms with Crippen LogP contribution < -0.4 is 10.2 Å². The lowest BCUT2D eigenvalue weighted by Crippen LogP contribution is -2.65. The Balaban J connectivity index is 1.86. The number of anilines is 1. The van der Waals surface area contributed by atoms with Crippen molar-refractivity contribution >= 4 is 33.4 Å². The average Bonchev–Trinajstić information content (AvgIpc) is 2.42. The van der Waals surface area contributed by atoms with Crippen LogP contribution in [0.3, 0.4) is 0 Å². The monoisotopic (exact) mass is 337 g/mol. The van der Waals surface area contributed by atoms with E-state index in [1.54, 1.807) is 9.80 Å². The number of benzene rings is 1. The number of carbonyl (C=O) groups excluding carboxylic acids is 2. The minimum absolute atomic E-state index is 0.0150. The van der Waals surface area contributed by atoms with Gasteiger partial charge >= 0.3 is 0 Å². The summed E-state index contributed by atoms with van der Waals surface area (Å²) in [5.74, 6) is -0.000501. The molecule has 20 heavy (non-hydrogen) atoms. The molecule has 2 amide bonds. The molecule has 5 nitrogen and oxygen atoms in total. The molecule has 0 bridgehead atoms. The van der Waals surface area contributed by atoms with Crippen LogP contribution in [0.5, 0.6) is 0 Å². The molecule has 0 saturated carbocycles. The molecule has 0 radical (unpaired) electrons. The van der Waals surface area contributed by atoms with Crippen molar-refractivity contribution in [2.75, 3.05) is 31.1 Å². The molecule has 2 fully saturated rings. The van der Waals surface area contributed by atoms with Crippen molar-refractivity contribution in [2.24, 2.45) is 0 Å². The van der Waals surface area contributed by atoms with Crippen LogP contribution in [-0.2, 0) is 9.59 Å². The summed E-state index contributed by atoms with van der Waals surface area (Å²) in [7, 11) is 0. The van der Waals surface area contributed by atoms with E-state index >= 15 is 0 Å². The van der Waals surface area contributed by atoms with E-state index in [4.69, 9.17) is 0 Å². The van der Waals surface area contributed by atoms with Crippen LogP contribution in [0.1, 0.15) is 5.56 Å². The molecule has 1 atom stereocenters. The molecule has 1 unspecified atom stereocenters. The SMILES string of the molecule is Cc1cc(N2CC3CNCC(=O)N3CC2=O)ccc1Br. The smallest absolute Gasteiger partial charge is 0.246 e. The van der Waals surface area contributed by atoms with Gasteiger partial charge in [0.25, 0.3) is 0 Å². The summed E-state index contributed by atoms with van der Waals surface area (Å²) < 4.78 is 1.03. The van der Waals surface area contributed by atoms with Gasteiger partial charge in [-0.2, -0.15) is 0 Å². The third-order valence-corrected chi connectivity index (χ3v) is 4.76. The summed E-state index contributed by atoms with van der Waals surface area (Å²) in [6.45, 7) is 3.81. The highest BCUT2D eigenvalue weighted by Crippen LogP contribution is 2.26. The molecule has 6 heteroatoms. The van der Waals surface area contributed by atoms with E-state index in [1.807, 2.05) is 25.1 Å². The van der Waals surface area contributed by atoms with Gasteiger partial charge in [0.2, 0.25) is 11.8 Å². The Hall–Kier alpha value is -1.40. The van der Waals surface area contributed by atoms with Crippen LogP contribution in [0, 0.1) is 6.92 Å². The average molecular weight is 338 g/mol. The van der Waals surface area contributed by atoms with Crippen LogP contribution in [0.15, 0.2) is 22.7 Å². The maximum absolute atomic E-state index is 12.3. The lowest BCUT2D eigenvalue weighted by Gasteiger charge is -2.43. The summed E-state index contributed by atoms with van der Waals surface area (Å²) in [5.41, 5.74) is 1.99. The number of carbonyl (C=O) groups is 2. The van der Waals surface area contributed by atoms with Crippen molar-refractivity contribution in [1.29, 1.82) is 0 Å². The van der Waals surface area contributed by atoms with Crippen molar-refractivity contribution in [3.8, 4) is 0 Å². The highest BCUT2D eigenvalue weighted by Gasteiger charge is 2.37. The van der Waals surface area contributed by atoms with Crippen molar-refractivity contribution in [3.63, 3.8) is 0 Å². The summed E-state index contributed by atoms with van der Waals surface area (Å²) in [4.78, 5) is 27.6. The van der Waals surface area contributed by atoms with Crippen LogP contribution in [0.25, 0.3) is 0 Å². The number of aryl methyl sites for hydroxylation is 1. The molecular weight excluding hydrogens is 322 g/mol. The minimum atomic E-state index is -0.0155. The highest BCUT2D eigenvalue weighted by atomic mass is 79.9. The summed E-state index contributed by atoms with van der Waals surface area (Å²) in [6.07, 6.45) is 0. The van der Waals surface area contributed by atoms with Crippen molar-refractivity contribution in [3.05, 3.63) is 28.2 Å². The number of fused-ring (bicyclic) bond motifs is 1. The summed E-state index contributed by atoms with van der Waals surface area (Å²) in [5, 5.41) is 3.10. The van der Waals surface area contributed by atoms with Crippen LogP contribution >= 0.6 is 15.9 Å². The Bertz CT molecular complexity index is 576. The maximum atomic E-state index is 12.3. The fourth-order valence-electron chi connectivity index (χ4n) is 2.73. The van der Waals surface area contributed by atoms with Gasteiger partial charge in [0.15, 0.2) is 0 Å². The molecule has 2 aliphatic rings. The molecule has 1 aromatic rings. The standard InChI is InChI=1S/C14H16BrN3O2/c1-9-4-10(2-3-12(9)15)17-7-11-5-16-6-13(19)18(11)8-14(17)20/h2-4,11,16H,5-8H2,1H3. The van der Waals surface area contributed by atoms with E-state index in [9.17, 15) is 9.59 Å². The summed E-state index contributed by atoms with van der Waals surface area (Å²) >= 11 is 3.47. The second-order valence-electron chi connectivity index (χ2n) is 5.24. The normalized spacial score (nSPS) is 23.0. The quantitative estimate of drug-likeness (QED) is 0.828. The van der Waals surface area contributed by atoms with Gasteiger partial charge in [0.05, 0.1) is 12.6 Å². The van der Waals surface area contributed by atoms with E-state index in [1.165, 1.54) is 0 Å². The Kier molecular flexibility index (Phi) is 3.52. The number of piperazine rings is 2. The van der Waals surface area contributed by atoms with Gasteiger partial charge in [0.1, 0.15) is 6.54 Å². The van der Waals surface area contributed by atoms with Crippen molar-refractivity contribution in [1.82, 2.24) is 10.2 Å². The maximum Gasteiger partial charge on any atom is 0.246 e. The van der Waals surface area contributed by atoms with E-state index in [-0.39, 0.29) is 24.4 Å². The molecule has 3 rings (SSSR count). The second kappa shape index (κ2) is 5.18. The first-order valence-electron chi connectivity index (χ1n) is 6.63. The molecule has 2 saturated heterocycles. The van der Waals surface area contributed by atoms with E-state index in [0.29, 0.717) is 13.1 Å². The van der Waals surface area contributed by atoms with Gasteiger partial charge < -0.3 is 15.1 Å². The first kappa shape index (κ1) is 13.6. The van der Waals surface area contributed by atoms with E-state index in [2.05, 4.69) is 21.2 Å². The van der Waals surface area contributed by atoms with Crippen molar-refractivity contribution in [2.45, 2.75) is 13.0 Å². The Labute approximate surface area is 126 Å². The number of hydrogen-bond acceptors (Lipinski definition) is 3. The molecule has 1 aromatic carbocycles. The molecule has 2 heterocycles. The zero-order chi connectivity index (χ0) is 14.3. The molecule has 106 valence electrons. The third kappa shape index (κ3) is 2.33. The Morgan fingerprint density at radius 2 is 2.10 bits per heavy atom. The lowest BCUT2D eigenvalue weighted by atomic mass is 10.1. The predicted octanol–water partition coefficient (Wildman–Crippen LogP) is 0.905. The van der Waals surface area contributed by atoms with Gasteiger partial charge in [-0.05, 0) is 30.7 Å². The van der Waals surface area contributed by atoms with Crippen LogP contribution in [0.2, 0.25) is 0 Å². The Morgan fingerprint density at radius 1 is 1.30 bits per heavy atom. The third-order valence-electron chi connectivity index (χ3n) is 3.87. The summed E-state index contributed by atoms with van der Waals surface area (Å²) in [6, 6.07) is 5.95. The van der Waals surface area contributed by atoms with Crippen LogP contribution in [-0.4, -0.2) is 48.9 Å². The second-order valence-corrected chi connectivity index (χ2v) is 6.10. The number of halogens is 1. The molecule has 0 spiro atoms. The number of hydrogen-bond donors (Lipinski definition) is 1. The number of rotatable bonds is 1. The molecule has 1 N–H and O–H groups in total. The fraction of sp³-hybridized carbons (Fsp3) is 0.429. The predicted molar refractivity (Wildman–Crippen MR) is 79.6 cm³/mol. The van der Waals surface area contributed by atoms with Crippen LogP contribution in [0.4, 0.5) is 5.69 Å². The topological polar surface area (TPSA) is 52.7 Å². The molecule has 0 aromatic heterocycles. The van der Waals surface area contributed by atoms with Gasteiger partial charge in [-0.3, -0.25) is 9.59 Å². The van der Waals surface area contributed by atoms with Crippen molar-refractivity contribution < 1.29 is 9.59 Å². The largest absolute Gasteiger partial charge is 0.326 e. The zero-order valence-corrected chi connectivity index (χ0v) is 12.8. The van der Waals surface area contributed by atoms with E-state index in [0.717, 1.165) is 22.3 Å². The Morgan fingerprint density at radius 3 is 2.85 bits per heavy atom. The first-order valence-corrected chi connectivity index (χ1v) is 7.42. The zero-order valence-electron chi connectivity index (χ0n) is 11.2. The minimum Gasteiger partial charge on any atom is -0.326 e. The van der Waals surface area contributed by atoms with E-state index < -0.39 is 0 Å². The number of amides is 2. The molecule has 0 aliphatic carbocycles. The highest BCUT2D eigenvalue weighted by molar-refractivity contribution is 9.10. The fourth-order valence-corrected chi connectivity index (χ4v) is 2.98. The van der Waals surface area contributed by atoms with Gasteiger partial charge in [-0.25, -0.2) is 0 Å². The van der Waals surface area contributed by atoms with Gasteiger partial charge in [-0.15, -0.1) is 0 Å². The van der Waals surface area contributed by atoms with Gasteiger partial charge in [0, 0.05) is 23.2 Å². The number of nitrogens with one attached hydrogen (secondary N) is 1. The molecular formula is C14H16BrN3O2. The first-order chi connectivity index (χ1) is 9.56.